The Bertz CT molecular complexity index is 911. The highest BCUT2D eigenvalue weighted by Gasteiger charge is 2.26. The monoisotopic (exact) mass is 426 g/mol. The van der Waals surface area contributed by atoms with Crippen molar-refractivity contribution in [3.63, 3.8) is 0 Å². The van der Waals surface area contributed by atoms with E-state index >= 15 is 0 Å². The Morgan fingerprint density at radius 1 is 0.933 bits per heavy atom. The molecule has 0 radical (unpaired) electrons. The number of hydrogen-bond acceptors (Lipinski definition) is 3. The molecule has 30 heavy (non-hydrogen) atoms. The van der Waals surface area contributed by atoms with Gasteiger partial charge in [-0.2, -0.15) is 0 Å². The number of nitrogens with zero attached hydrogens (tertiary/aromatic N) is 2. The number of carbonyl (C=O) groups excluding carboxylic acids is 2. The van der Waals surface area contributed by atoms with Gasteiger partial charge >= 0.3 is 0 Å². The Balaban J connectivity index is 1.35. The van der Waals surface area contributed by atoms with E-state index in [1.165, 1.54) is 0 Å². The summed E-state index contributed by atoms with van der Waals surface area (Å²) < 4.78 is 6.02. The van der Waals surface area contributed by atoms with Crippen molar-refractivity contribution in [3.05, 3.63) is 64.7 Å². The van der Waals surface area contributed by atoms with Gasteiger partial charge in [0.05, 0.1) is 17.2 Å². The van der Waals surface area contributed by atoms with Crippen LogP contribution >= 0.6 is 11.6 Å². The van der Waals surface area contributed by atoms with Crippen LogP contribution in [0.3, 0.4) is 0 Å². The average Bonchev–Trinajstić information content (AvgIpc) is 3.32. The molecule has 6 heteroatoms. The summed E-state index contributed by atoms with van der Waals surface area (Å²) >= 11 is 6.20. The van der Waals surface area contributed by atoms with Gasteiger partial charge < -0.3 is 14.5 Å². The summed E-state index contributed by atoms with van der Waals surface area (Å²) in [6, 6.07) is 14.6. The molecule has 2 aromatic rings. The Labute approximate surface area is 182 Å². The lowest BCUT2D eigenvalue weighted by molar-refractivity contribution is 0.0632. The lowest BCUT2D eigenvalue weighted by Gasteiger charge is -2.33. The molecule has 158 valence electrons. The molecule has 2 aliphatic rings. The van der Waals surface area contributed by atoms with Gasteiger partial charge in [-0.05, 0) is 56.0 Å². The molecule has 2 aliphatic heterocycles. The zero-order valence-electron chi connectivity index (χ0n) is 17.1. The number of amides is 2. The first-order valence-electron chi connectivity index (χ1n) is 10.7. The fourth-order valence-corrected chi connectivity index (χ4v) is 4.44. The summed E-state index contributed by atoms with van der Waals surface area (Å²) in [6.07, 6.45) is 4.11. The van der Waals surface area contributed by atoms with Crippen LogP contribution < -0.4 is 4.74 Å². The first kappa shape index (κ1) is 20.7. The lowest BCUT2D eigenvalue weighted by atomic mass is 9.98. The van der Waals surface area contributed by atoms with Gasteiger partial charge in [0.2, 0.25) is 0 Å². The van der Waals surface area contributed by atoms with E-state index < -0.39 is 0 Å². The maximum absolute atomic E-state index is 12.8. The molecule has 2 saturated heterocycles. The van der Waals surface area contributed by atoms with Crippen LogP contribution in [-0.2, 0) is 0 Å². The van der Waals surface area contributed by atoms with Gasteiger partial charge in [0.15, 0.2) is 0 Å². The van der Waals surface area contributed by atoms with Gasteiger partial charge in [-0.15, -0.1) is 0 Å². The molecule has 0 saturated carbocycles. The third-order valence-corrected chi connectivity index (χ3v) is 6.20. The molecular weight excluding hydrogens is 400 g/mol. The first-order valence-corrected chi connectivity index (χ1v) is 11.1. The van der Waals surface area contributed by atoms with Gasteiger partial charge in [-0.25, -0.2) is 0 Å². The topological polar surface area (TPSA) is 49.9 Å². The summed E-state index contributed by atoms with van der Waals surface area (Å²) in [5, 5.41) is 0.486. The van der Waals surface area contributed by atoms with Crippen LogP contribution in [0.2, 0.25) is 5.02 Å². The van der Waals surface area contributed by atoms with E-state index in [1.54, 1.807) is 12.1 Å². The number of piperidine rings is 1. The van der Waals surface area contributed by atoms with Crippen molar-refractivity contribution < 1.29 is 14.3 Å². The molecule has 2 aromatic carbocycles. The van der Waals surface area contributed by atoms with Crippen LogP contribution in [0.5, 0.6) is 5.75 Å². The molecule has 0 N–H and O–H groups in total. The normalized spacial score (nSPS) is 19.0. The van der Waals surface area contributed by atoms with Crippen LogP contribution in [0.4, 0.5) is 0 Å². The molecule has 0 bridgehead atoms. The molecule has 0 aliphatic carbocycles. The quantitative estimate of drug-likeness (QED) is 0.706. The second-order valence-electron chi connectivity index (χ2n) is 8.08. The molecule has 0 spiro atoms. The van der Waals surface area contributed by atoms with Crippen molar-refractivity contribution in [2.24, 2.45) is 5.92 Å². The molecular formula is C24H27ClN2O3. The molecule has 1 atom stereocenters. The van der Waals surface area contributed by atoms with E-state index in [4.69, 9.17) is 16.3 Å². The third kappa shape index (κ3) is 4.78. The summed E-state index contributed by atoms with van der Waals surface area (Å²) in [6.45, 7) is 3.58. The molecule has 1 unspecified atom stereocenters. The number of likely N-dealkylation sites (tertiary alicyclic amines) is 2. The zero-order valence-corrected chi connectivity index (χ0v) is 17.8. The number of benzene rings is 2. The highest BCUT2D eigenvalue weighted by atomic mass is 35.5. The fraction of sp³-hybridized carbons (Fsp3) is 0.417. The van der Waals surface area contributed by atoms with Crippen molar-refractivity contribution >= 4 is 23.4 Å². The highest BCUT2D eigenvalue weighted by Crippen LogP contribution is 2.24. The summed E-state index contributed by atoms with van der Waals surface area (Å²) in [7, 11) is 0. The predicted octanol–water partition coefficient (Wildman–Crippen LogP) is 4.51. The predicted molar refractivity (Wildman–Crippen MR) is 117 cm³/mol. The summed E-state index contributed by atoms with van der Waals surface area (Å²) in [5.74, 6) is 1.01. The SMILES string of the molecule is O=C(c1cccc(OCC2CCCN(C(=O)c3ccccc3Cl)C2)c1)N1CCCC1. The molecule has 2 amide bonds. The van der Waals surface area contributed by atoms with Gasteiger partial charge in [0.25, 0.3) is 11.8 Å². The fourth-order valence-electron chi connectivity index (χ4n) is 4.23. The molecule has 0 aromatic heterocycles. The van der Waals surface area contributed by atoms with Crippen molar-refractivity contribution in [2.75, 3.05) is 32.8 Å². The van der Waals surface area contributed by atoms with E-state index in [0.717, 1.165) is 45.3 Å². The van der Waals surface area contributed by atoms with E-state index in [9.17, 15) is 9.59 Å². The van der Waals surface area contributed by atoms with Gasteiger partial charge in [-0.3, -0.25) is 9.59 Å². The van der Waals surface area contributed by atoms with E-state index in [1.807, 2.05) is 46.2 Å². The summed E-state index contributed by atoms with van der Waals surface area (Å²) in [5.41, 5.74) is 1.22. The van der Waals surface area contributed by atoms with Gasteiger partial charge in [0.1, 0.15) is 5.75 Å². The average molecular weight is 427 g/mol. The lowest BCUT2D eigenvalue weighted by Crippen LogP contribution is -2.41. The Kier molecular flexibility index (Phi) is 6.58. The first-order chi connectivity index (χ1) is 14.6. The van der Waals surface area contributed by atoms with Crippen LogP contribution in [0.15, 0.2) is 48.5 Å². The summed E-state index contributed by atoms with van der Waals surface area (Å²) in [4.78, 5) is 29.2. The van der Waals surface area contributed by atoms with Crippen molar-refractivity contribution in [3.8, 4) is 5.75 Å². The molecule has 4 rings (SSSR count). The second kappa shape index (κ2) is 9.52. The Morgan fingerprint density at radius 2 is 1.70 bits per heavy atom. The van der Waals surface area contributed by atoms with Crippen LogP contribution in [0, 0.1) is 5.92 Å². The van der Waals surface area contributed by atoms with E-state index in [-0.39, 0.29) is 17.7 Å². The minimum absolute atomic E-state index is 0.0245. The molecule has 2 heterocycles. The van der Waals surface area contributed by atoms with Crippen LogP contribution in [-0.4, -0.2) is 54.4 Å². The zero-order chi connectivity index (χ0) is 20.9. The smallest absolute Gasteiger partial charge is 0.255 e. The van der Waals surface area contributed by atoms with Crippen molar-refractivity contribution in [1.82, 2.24) is 9.80 Å². The largest absolute Gasteiger partial charge is 0.493 e. The minimum atomic E-state index is -0.0245. The third-order valence-electron chi connectivity index (χ3n) is 5.87. The van der Waals surface area contributed by atoms with Crippen LogP contribution in [0.25, 0.3) is 0 Å². The molecule has 5 nitrogen and oxygen atoms in total. The maximum atomic E-state index is 12.8. The van der Waals surface area contributed by atoms with Gasteiger partial charge in [0, 0.05) is 37.7 Å². The standard InChI is InChI=1S/C24H27ClN2O3/c25-22-11-2-1-10-21(22)24(29)27-14-6-7-18(16-27)17-30-20-9-5-8-19(15-20)23(28)26-12-3-4-13-26/h1-2,5,8-11,15,18H,3-4,6-7,12-14,16-17H2. The van der Waals surface area contributed by atoms with Crippen LogP contribution in [0.1, 0.15) is 46.4 Å². The second-order valence-corrected chi connectivity index (χ2v) is 8.48. The maximum Gasteiger partial charge on any atom is 0.255 e. The number of rotatable bonds is 5. The minimum Gasteiger partial charge on any atom is -0.493 e. The number of hydrogen-bond donors (Lipinski definition) is 0. The number of ether oxygens (including phenoxy) is 1. The highest BCUT2D eigenvalue weighted by molar-refractivity contribution is 6.33. The molecule has 2 fully saturated rings. The van der Waals surface area contributed by atoms with Crippen molar-refractivity contribution in [1.29, 1.82) is 0 Å². The Morgan fingerprint density at radius 3 is 2.50 bits per heavy atom. The number of halogens is 1. The Hall–Kier alpha value is -2.53. The van der Waals surface area contributed by atoms with E-state index in [0.29, 0.717) is 35.1 Å². The van der Waals surface area contributed by atoms with E-state index in [2.05, 4.69) is 0 Å². The number of carbonyl (C=O) groups is 2. The van der Waals surface area contributed by atoms with Gasteiger partial charge in [-0.1, -0.05) is 29.8 Å². The van der Waals surface area contributed by atoms with Crippen molar-refractivity contribution in [2.45, 2.75) is 25.7 Å².